The molecule has 1 N–H and O–H groups in total. The zero-order valence-electron chi connectivity index (χ0n) is 17.6. The Labute approximate surface area is 182 Å². The van der Waals surface area contributed by atoms with E-state index in [9.17, 15) is 4.79 Å². The van der Waals surface area contributed by atoms with Gasteiger partial charge in [-0.05, 0) is 64.4 Å². The Bertz CT molecular complexity index is 1240. The summed E-state index contributed by atoms with van der Waals surface area (Å²) in [5.74, 6) is 5.65. The van der Waals surface area contributed by atoms with Gasteiger partial charge in [0, 0.05) is 23.5 Å². The highest BCUT2D eigenvalue weighted by molar-refractivity contribution is 5.88. The molecule has 3 nitrogen and oxygen atoms in total. The maximum absolute atomic E-state index is 11.0. The molecule has 1 aliphatic rings. The normalized spacial score (nSPS) is 14.3. The molecule has 0 saturated carbocycles. The second-order valence-corrected chi connectivity index (χ2v) is 8.26. The van der Waals surface area contributed by atoms with Crippen molar-refractivity contribution < 1.29 is 9.90 Å². The Morgan fingerprint density at radius 3 is 2.48 bits per heavy atom. The molecule has 0 atom stereocenters. The molecule has 4 rings (SSSR count). The second kappa shape index (κ2) is 8.45. The van der Waals surface area contributed by atoms with Gasteiger partial charge in [-0.1, -0.05) is 68.2 Å². The smallest absolute Gasteiger partial charge is 0.335 e. The summed E-state index contributed by atoms with van der Waals surface area (Å²) in [6, 6.07) is 17.2. The van der Waals surface area contributed by atoms with Gasteiger partial charge >= 0.3 is 5.97 Å². The number of aromatic carboxylic acids is 1. The summed E-state index contributed by atoms with van der Waals surface area (Å²) in [4.78, 5) is 15.2. The lowest BCUT2D eigenvalue weighted by Gasteiger charge is -2.31. The average Bonchev–Trinajstić information content (AvgIpc) is 2.78. The number of hydrogen-bond donors (Lipinski definition) is 1. The van der Waals surface area contributed by atoms with E-state index in [0.29, 0.717) is 0 Å². The minimum atomic E-state index is -0.917. The van der Waals surface area contributed by atoms with E-state index in [1.165, 1.54) is 5.56 Å². The summed E-state index contributed by atoms with van der Waals surface area (Å²) in [5.41, 5.74) is 6.78. The number of benzene rings is 2. The Hall–Kier alpha value is -3.90. The third-order valence-electron chi connectivity index (χ3n) is 5.51. The zero-order chi connectivity index (χ0) is 21.8. The maximum atomic E-state index is 11.0. The van der Waals surface area contributed by atoms with Crippen LogP contribution in [0.5, 0.6) is 0 Å². The van der Waals surface area contributed by atoms with Gasteiger partial charge in [-0.3, -0.25) is 4.98 Å². The second-order valence-electron chi connectivity index (χ2n) is 8.26. The molecule has 0 bridgehead atoms. The maximum Gasteiger partial charge on any atom is 0.335 e. The van der Waals surface area contributed by atoms with Gasteiger partial charge in [0.1, 0.15) is 0 Å². The lowest BCUT2D eigenvalue weighted by atomic mass is 9.73. The molecule has 0 spiro atoms. The van der Waals surface area contributed by atoms with Gasteiger partial charge in [-0.2, -0.15) is 0 Å². The summed E-state index contributed by atoms with van der Waals surface area (Å²) in [5, 5.41) is 9.04. The topological polar surface area (TPSA) is 50.2 Å². The monoisotopic (exact) mass is 405 g/mol. The summed E-state index contributed by atoms with van der Waals surface area (Å²) in [6.45, 7) is 4.51. The first-order chi connectivity index (χ1) is 14.9. The number of allylic oxidation sites excluding steroid dienone is 2. The number of nitrogens with zero attached hydrogens (tertiary/aromatic N) is 1. The molecule has 0 saturated heterocycles. The molecule has 2 aromatic carbocycles. The molecule has 0 fully saturated rings. The molecule has 0 radical (unpaired) electrons. The van der Waals surface area contributed by atoms with Crippen LogP contribution in [0.3, 0.4) is 0 Å². The van der Waals surface area contributed by atoms with Crippen molar-refractivity contribution in [1.82, 2.24) is 4.98 Å². The van der Waals surface area contributed by atoms with E-state index in [4.69, 9.17) is 5.11 Å². The molecule has 152 valence electrons. The molecule has 0 unspecified atom stereocenters. The Kier molecular flexibility index (Phi) is 5.56. The fourth-order valence-electron chi connectivity index (χ4n) is 3.68. The van der Waals surface area contributed by atoms with E-state index in [1.807, 2.05) is 36.4 Å². The van der Waals surface area contributed by atoms with Crippen LogP contribution >= 0.6 is 0 Å². The number of carboxylic acids is 1. The Balaban J connectivity index is 1.65. The van der Waals surface area contributed by atoms with Crippen molar-refractivity contribution in [3.8, 4) is 11.8 Å². The Morgan fingerprint density at radius 2 is 1.77 bits per heavy atom. The summed E-state index contributed by atoms with van der Waals surface area (Å²) >= 11 is 0. The quantitative estimate of drug-likeness (QED) is 0.425. The van der Waals surface area contributed by atoms with Crippen molar-refractivity contribution >= 4 is 23.7 Å². The number of hydrogen-bond acceptors (Lipinski definition) is 2. The van der Waals surface area contributed by atoms with Crippen LogP contribution in [-0.2, 0) is 5.41 Å². The lowest BCUT2D eigenvalue weighted by molar-refractivity contribution is 0.0697. The number of aromatic nitrogens is 1. The minimum Gasteiger partial charge on any atom is -0.478 e. The number of fused-ring (bicyclic) bond motifs is 1. The summed E-state index contributed by atoms with van der Waals surface area (Å²) < 4.78 is 0. The fraction of sp³-hybridized carbons (Fsp3) is 0.143. The molecule has 3 heteroatoms. The molecule has 1 aliphatic carbocycles. The van der Waals surface area contributed by atoms with Crippen LogP contribution in [0.4, 0.5) is 0 Å². The molecule has 31 heavy (non-hydrogen) atoms. The van der Waals surface area contributed by atoms with Gasteiger partial charge < -0.3 is 5.11 Å². The number of carboxylic acid groups (broad SMARTS) is 1. The molecule has 0 amide bonds. The van der Waals surface area contributed by atoms with Crippen molar-refractivity contribution in [3.05, 3.63) is 106 Å². The van der Waals surface area contributed by atoms with E-state index in [2.05, 4.69) is 54.9 Å². The van der Waals surface area contributed by atoms with Crippen molar-refractivity contribution in [2.24, 2.45) is 0 Å². The molecule has 3 aromatic rings. The van der Waals surface area contributed by atoms with Crippen LogP contribution in [-0.4, -0.2) is 16.1 Å². The first kappa shape index (κ1) is 20.4. The van der Waals surface area contributed by atoms with Crippen LogP contribution < -0.4 is 0 Å². The molecule has 1 aromatic heterocycles. The van der Waals surface area contributed by atoms with Gasteiger partial charge in [-0.25, -0.2) is 4.79 Å². The van der Waals surface area contributed by atoms with Gasteiger partial charge in [0.15, 0.2) is 0 Å². The summed E-state index contributed by atoms with van der Waals surface area (Å²) in [6.07, 6.45) is 10.7. The van der Waals surface area contributed by atoms with E-state index >= 15 is 0 Å². The molecule has 1 heterocycles. The first-order valence-electron chi connectivity index (χ1n) is 10.2. The number of carbonyl (C=O) groups is 1. The van der Waals surface area contributed by atoms with Gasteiger partial charge in [0.2, 0.25) is 0 Å². The number of pyridine rings is 1. The third-order valence-corrected chi connectivity index (χ3v) is 5.51. The van der Waals surface area contributed by atoms with Crippen molar-refractivity contribution in [3.63, 3.8) is 0 Å². The molecule has 0 aliphatic heterocycles. The number of rotatable bonds is 3. The van der Waals surface area contributed by atoms with Gasteiger partial charge in [0.25, 0.3) is 0 Å². The fourth-order valence-corrected chi connectivity index (χ4v) is 3.68. The largest absolute Gasteiger partial charge is 0.478 e. The highest BCUT2D eigenvalue weighted by Crippen LogP contribution is 2.39. The molecular weight excluding hydrogens is 382 g/mol. The standard InChI is InChI=1S/C28H23NO2/c1-28(2)16-15-23(11-9-22-4-3-17-29-19-22)25-18-21(10-14-26(25)28)6-5-20-7-12-24(13-8-20)27(30)31/h3-8,10,12-15,17-19H,16H2,1-2H3,(H,30,31)/b6-5+. The van der Waals surface area contributed by atoms with Gasteiger partial charge in [-0.15, -0.1) is 0 Å². The SMILES string of the molecule is CC1(C)CC=C(C#Cc2cccnc2)c2cc(/C=C/c3ccc(C(=O)O)cc3)ccc21. The molecular formula is C28H23NO2. The lowest BCUT2D eigenvalue weighted by Crippen LogP contribution is -2.21. The predicted octanol–water partition coefficient (Wildman–Crippen LogP) is 6.07. The third kappa shape index (κ3) is 4.65. The summed E-state index contributed by atoms with van der Waals surface area (Å²) in [7, 11) is 0. The van der Waals surface area contributed by atoms with E-state index < -0.39 is 5.97 Å². The van der Waals surface area contributed by atoms with Crippen LogP contribution in [0.1, 0.15) is 58.4 Å². The first-order valence-corrected chi connectivity index (χ1v) is 10.2. The van der Waals surface area contributed by atoms with Crippen LogP contribution in [0.25, 0.3) is 17.7 Å². The predicted molar refractivity (Wildman–Crippen MR) is 126 cm³/mol. The highest BCUT2D eigenvalue weighted by Gasteiger charge is 2.27. The Morgan fingerprint density at radius 1 is 1.03 bits per heavy atom. The highest BCUT2D eigenvalue weighted by atomic mass is 16.4. The van der Waals surface area contributed by atoms with E-state index in [1.54, 1.807) is 24.5 Å². The van der Waals surface area contributed by atoms with Gasteiger partial charge in [0.05, 0.1) is 5.56 Å². The van der Waals surface area contributed by atoms with Crippen LogP contribution in [0, 0.1) is 11.8 Å². The van der Waals surface area contributed by atoms with E-state index in [-0.39, 0.29) is 11.0 Å². The van der Waals surface area contributed by atoms with Crippen molar-refractivity contribution in [1.29, 1.82) is 0 Å². The zero-order valence-corrected chi connectivity index (χ0v) is 17.6. The minimum absolute atomic E-state index is 0.0592. The van der Waals surface area contributed by atoms with E-state index in [0.717, 1.165) is 34.2 Å². The average molecular weight is 405 g/mol. The van der Waals surface area contributed by atoms with Crippen LogP contribution in [0.2, 0.25) is 0 Å². The van der Waals surface area contributed by atoms with Crippen molar-refractivity contribution in [2.45, 2.75) is 25.7 Å². The van der Waals surface area contributed by atoms with Crippen molar-refractivity contribution in [2.75, 3.05) is 0 Å². The van der Waals surface area contributed by atoms with Crippen LogP contribution in [0.15, 0.2) is 73.1 Å².